The third-order valence-corrected chi connectivity index (χ3v) is 6.41. The van der Waals surface area contributed by atoms with E-state index in [0.29, 0.717) is 35.6 Å². The number of ether oxygens (including phenoxy) is 1. The van der Waals surface area contributed by atoms with E-state index < -0.39 is 6.10 Å². The number of hydrogen-bond acceptors (Lipinski definition) is 6. The summed E-state index contributed by atoms with van der Waals surface area (Å²) in [6.45, 7) is 5.54. The Kier molecular flexibility index (Phi) is 7.30. The molecule has 0 bridgehead atoms. The van der Waals surface area contributed by atoms with Gasteiger partial charge in [0.2, 0.25) is 5.82 Å². The average Bonchev–Trinajstić information content (AvgIpc) is 3.40. The van der Waals surface area contributed by atoms with Crippen molar-refractivity contribution < 1.29 is 14.1 Å². The van der Waals surface area contributed by atoms with Gasteiger partial charge in [0.05, 0.1) is 0 Å². The summed E-state index contributed by atoms with van der Waals surface area (Å²) in [6.07, 6.45) is -0.512. The monoisotopic (exact) mass is 502 g/mol. The Morgan fingerprint density at radius 1 is 0.972 bits per heavy atom. The van der Waals surface area contributed by atoms with Crippen molar-refractivity contribution in [3.63, 3.8) is 0 Å². The summed E-state index contributed by atoms with van der Waals surface area (Å²) < 4.78 is 11.3. The lowest BCUT2D eigenvalue weighted by molar-refractivity contribution is -0.139. The Bertz CT molecular complexity index is 1320. The molecule has 1 aliphatic rings. The van der Waals surface area contributed by atoms with Crippen LogP contribution >= 0.6 is 11.6 Å². The summed E-state index contributed by atoms with van der Waals surface area (Å²) >= 11 is 6.08. The van der Waals surface area contributed by atoms with E-state index >= 15 is 0 Å². The normalized spacial score (nSPS) is 15.0. The molecule has 1 atom stereocenters. The van der Waals surface area contributed by atoms with Crippen LogP contribution < -0.4 is 4.74 Å². The molecular formula is C28H27ClN4O3. The molecule has 8 heteroatoms. The van der Waals surface area contributed by atoms with E-state index in [1.165, 1.54) is 0 Å². The Morgan fingerprint density at radius 2 is 1.72 bits per heavy atom. The lowest BCUT2D eigenvalue weighted by Crippen LogP contribution is -2.51. The molecule has 5 rings (SSSR count). The van der Waals surface area contributed by atoms with Crippen LogP contribution in [-0.2, 0) is 11.3 Å². The standard InChI is InChI=1S/C28H27ClN4O3/c1-20(35-25-11-3-2-4-12-25)28(34)33-15-13-32(14-16-33)19-21-7-5-8-22(17-21)26-30-27(36-31-26)23-9-6-10-24(29)18-23/h2-12,17-18,20H,13-16,19H2,1H3. The van der Waals surface area contributed by atoms with Gasteiger partial charge in [-0.25, -0.2) is 0 Å². The van der Waals surface area contributed by atoms with E-state index in [1.807, 2.05) is 66.4 Å². The fourth-order valence-electron chi connectivity index (χ4n) is 4.28. The van der Waals surface area contributed by atoms with E-state index in [1.54, 1.807) is 12.1 Å². The molecule has 4 aromatic rings. The van der Waals surface area contributed by atoms with E-state index in [4.69, 9.17) is 20.9 Å². The molecule has 0 N–H and O–H groups in total. The van der Waals surface area contributed by atoms with Gasteiger partial charge >= 0.3 is 0 Å². The molecule has 1 aromatic heterocycles. The molecular weight excluding hydrogens is 476 g/mol. The SMILES string of the molecule is CC(Oc1ccccc1)C(=O)N1CCN(Cc2cccc(-c3noc(-c4cccc(Cl)c4)n3)c2)CC1. The third-order valence-electron chi connectivity index (χ3n) is 6.18. The molecule has 1 amide bonds. The van der Waals surface area contributed by atoms with Crippen LogP contribution in [0.3, 0.4) is 0 Å². The molecule has 0 radical (unpaired) electrons. The Balaban J connectivity index is 1.17. The predicted molar refractivity (Wildman–Crippen MR) is 139 cm³/mol. The van der Waals surface area contributed by atoms with Gasteiger partial charge in [-0.15, -0.1) is 0 Å². The van der Waals surface area contributed by atoms with E-state index in [2.05, 4.69) is 27.2 Å². The maximum Gasteiger partial charge on any atom is 0.263 e. The topological polar surface area (TPSA) is 71.7 Å². The number of hydrogen-bond donors (Lipinski definition) is 0. The van der Waals surface area contributed by atoms with Crippen molar-refractivity contribution in [2.45, 2.75) is 19.6 Å². The third kappa shape index (κ3) is 5.75. The van der Waals surface area contributed by atoms with Gasteiger partial charge < -0.3 is 14.2 Å². The molecule has 36 heavy (non-hydrogen) atoms. The largest absolute Gasteiger partial charge is 0.481 e. The van der Waals surface area contributed by atoms with Crippen molar-refractivity contribution in [2.24, 2.45) is 0 Å². The summed E-state index contributed by atoms with van der Waals surface area (Å²) in [5, 5.41) is 4.78. The van der Waals surface area contributed by atoms with Gasteiger partial charge in [-0.3, -0.25) is 9.69 Å². The lowest BCUT2D eigenvalue weighted by atomic mass is 10.1. The molecule has 0 aliphatic carbocycles. The molecule has 7 nitrogen and oxygen atoms in total. The summed E-state index contributed by atoms with van der Waals surface area (Å²) in [5.41, 5.74) is 2.83. The Hall–Kier alpha value is -3.68. The smallest absolute Gasteiger partial charge is 0.263 e. The van der Waals surface area contributed by atoms with Crippen LogP contribution in [-0.4, -0.2) is 58.1 Å². The van der Waals surface area contributed by atoms with Gasteiger partial charge in [0, 0.05) is 48.9 Å². The van der Waals surface area contributed by atoms with Crippen LogP contribution in [0.1, 0.15) is 12.5 Å². The summed E-state index contributed by atoms with van der Waals surface area (Å²) in [7, 11) is 0. The van der Waals surface area contributed by atoms with Gasteiger partial charge in [-0.05, 0) is 48.9 Å². The zero-order chi connectivity index (χ0) is 24.9. The summed E-state index contributed by atoms with van der Waals surface area (Å²) in [5.74, 6) is 1.70. The van der Waals surface area contributed by atoms with Gasteiger partial charge in [-0.1, -0.05) is 59.2 Å². The number of rotatable bonds is 7. The van der Waals surface area contributed by atoms with Gasteiger partial charge in [-0.2, -0.15) is 4.98 Å². The highest BCUT2D eigenvalue weighted by atomic mass is 35.5. The van der Waals surface area contributed by atoms with Crippen LogP contribution in [0.5, 0.6) is 5.75 Å². The van der Waals surface area contributed by atoms with Gasteiger partial charge in [0.25, 0.3) is 11.8 Å². The number of para-hydroxylation sites is 1. The van der Waals surface area contributed by atoms with Crippen molar-refractivity contribution in [3.05, 3.63) is 89.4 Å². The molecule has 1 unspecified atom stereocenters. The number of amides is 1. The van der Waals surface area contributed by atoms with Crippen LogP contribution in [0.4, 0.5) is 0 Å². The van der Waals surface area contributed by atoms with Crippen molar-refractivity contribution in [1.29, 1.82) is 0 Å². The second-order valence-corrected chi connectivity index (χ2v) is 9.24. The van der Waals surface area contributed by atoms with E-state index in [9.17, 15) is 4.79 Å². The molecule has 1 saturated heterocycles. The first-order chi connectivity index (χ1) is 17.5. The second-order valence-electron chi connectivity index (χ2n) is 8.81. The van der Waals surface area contributed by atoms with Gasteiger partial charge in [0.15, 0.2) is 6.10 Å². The minimum atomic E-state index is -0.512. The molecule has 0 saturated carbocycles. The highest BCUT2D eigenvalue weighted by Crippen LogP contribution is 2.25. The molecule has 1 aliphatic heterocycles. The fraction of sp³-hybridized carbons (Fsp3) is 0.250. The number of carbonyl (C=O) groups excluding carboxylic acids is 1. The maximum atomic E-state index is 12.8. The maximum absolute atomic E-state index is 12.8. The Labute approximate surface area is 215 Å². The zero-order valence-electron chi connectivity index (χ0n) is 20.0. The van der Waals surface area contributed by atoms with Crippen LogP contribution in [0.25, 0.3) is 22.8 Å². The predicted octanol–water partition coefficient (Wildman–Crippen LogP) is 5.17. The first-order valence-electron chi connectivity index (χ1n) is 12.0. The van der Waals surface area contributed by atoms with Crippen molar-refractivity contribution in [3.8, 4) is 28.6 Å². The van der Waals surface area contributed by atoms with Gasteiger partial charge in [0.1, 0.15) is 5.75 Å². The highest BCUT2D eigenvalue weighted by molar-refractivity contribution is 6.30. The van der Waals surface area contributed by atoms with Crippen LogP contribution in [0.2, 0.25) is 5.02 Å². The van der Waals surface area contributed by atoms with Crippen LogP contribution in [0.15, 0.2) is 83.4 Å². The van der Waals surface area contributed by atoms with Crippen LogP contribution in [0, 0.1) is 0 Å². The lowest BCUT2D eigenvalue weighted by Gasteiger charge is -2.36. The summed E-state index contributed by atoms with van der Waals surface area (Å²) in [6, 6.07) is 25.0. The number of halogens is 1. The molecule has 0 spiro atoms. The molecule has 1 fully saturated rings. The van der Waals surface area contributed by atoms with E-state index in [-0.39, 0.29) is 5.91 Å². The number of nitrogens with zero attached hydrogens (tertiary/aromatic N) is 4. The second kappa shape index (κ2) is 10.9. The zero-order valence-corrected chi connectivity index (χ0v) is 20.8. The van der Waals surface area contributed by atoms with Crippen molar-refractivity contribution >= 4 is 17.5 Å². The number of carbonyl (C=O) groups is 1. The highest BCUT2D eigenvalue weighted by Gasteiger charge is 2.26. The fourth-order valence-corrected chi connectivity index (χ4v) is 4.47. The molecule has 2 heterocycles. The van der Waals surface area contributed by atoms with Crippen molar-refractivity contribution in [2.75, 3.05) is 26.2 Å². The average molecular weight is 503 g/mol. The number of benzene rings is 3. The first kappa shape index (κ1) is 24.0. The minimum absolute atomic E-state index is 0.0214. The Morgan fingerprint density at radius 3 is 2.50 bits per heavy atom. The van der Waals surface area contributed by atoms with Crippen molar-refractivity contribution in [1.82, 2.24) is 19.9 Å². The molecule has 3 aromatic carbocycles. The quantitative estimate of drug-likeness (QED) is 0.347. The summed E-state index contributed by atoms with van der Waals surface area (Å²) in [4.78, 5) is 21.6. The number of aromatic nitrogens is 2. The number of piperazine rings is 1. The van der Waals surface area contributed by atoms with E-state index in [0.717, 1.165) is 36.3 Å². The molecule has 184 valence electrons. The minimum Gasteiger partial charge on any atom is -0.481 e. The first-order valence-corrected chi connectivity index (χ1v) is 12.3.